The van der Waals surface area contributed by atoms with Gasteiger partial charge in [0.1, 0.15) is 47.8 Å². The van der Waals surface area contributed by atoms with E-state index in [-0.39, 0.29) is 11.2 Å². The van der Waals surface area contributed by atoms with E-state index in [0.29, 0.717) is 64.5 Å². The van der Waals surface area contributed by atoms with Crippen molar-refractivity contribution in [2.24, 2.45) is 17.3 Å². The van der Waals surface area contributed by atoms with Crippen molar-refractivity contribution in [3.63, 3.8) is 0 Å². The second-order valence-corrected chi connectivity index (χ2v) is 16.7. The van der Waals surface area contributed by atoms with Crippen LogP contribution in [0.1, 0.15) is 78.3 Å². The number of aromatic nitrogens is 7. The van der Waals surface area contributed by atoms with Gasteiger partial charge in [-0.1, -0.05) is 13.8 Å². The van der Waals surface area contributed by atoms with Gasteiger partial charge in [0.25, 0.3) is 5.88 Å². The van der Waals surface area contributed by atoms with Gasteiger partial charge in [-0.15, -0.1) is 10.2 Å². The molecule has 1 spiro atoms. The molecule has 54 heavy (non-hydrogen) atoms. The Morgan fingerprint density at radius 2 is 1.78 bits per heavy atom. The number of nitrogens with zero attached hydrogens (tertiary/aromatic N) is 9. The van der Waals surface area contributed by atoms with Crippen LogP contribution in [0.5, 0.6) is 11.6 Å². The average Bonchev–Trinajstić information content (AvgIpc) is 3.85. The van der Waals surface area contributed by atoms with Crippen LogP contribution in [0.2, 0.25) is 0 Å². The Balaban J connectivity index is 0.885. The zero-order valence-electron chi connectivity index (χ0n) is 31.5. The van der Waals surface area contributed by atoms with E-state index in [9.17, 15) is 9.18 Å². The van der Waals surface area contributed by atoms with Gasteiger partial charge in [-0.2, -0.15) is 0 Å². The molecule has 2 saturated carbocycles. The summed E-state index contributed by atoms with van der Waals surface area (Å²) in [6, 6.07) is 7.02. The molecule has 0 radical (unpaired) electrons. The van der Waals surface area contributed by atoms with Crippen molar-refractivity contribution in [1.29, 1.82) is 0 Å². The molecule has 1 atom stereocenters. The summed E-state index contributed by atoms with van der Waals surface area (Å²) in [5.41, 5.74) is 1.84. The first-order valence-electron chi connectivity index (χ1n) is 18.9. The number of halogens is 1. The molecule has 284 valence electrons. The van der Waals surface area contributed by atoms with Gasteiger partial charge in [0, 0.05) is 73.0 Å². The number of amides is 1. The second-order valence-electron chi connectivity index (χ2n) is 16.7. The zero-order valence-corrected chi connectivity index (χ0v) is 31.5. The monoisotopic (exact) mass is 737 g/mol. The predicted molar refractivity (Wildman–Crippen MR) is 201 cm³/mol. The van der Waals surface area contributed by atoms with E-state index in [4.69, 9.17) is 9.47 Å². The Morgan fingerprint density at radius 3 is 2.54 bits per heavy atom. The minimum Gasteiger partial charge on any atom is -0.444 e. The number of benzene rings is 1. The molecule has 4 aromatic rings. The predicted octanol–water partition coefficient (Wildman–Crippen LogP) is 6.70. The lowest BCUT2D eigenvalue weighted by molar-refractivity contribution is -0.0656. The Hall–Kier alpha value is -5.05. The van der Waals surface area contributed by atoms with Crippen molar-refractivity contribution < 1.29 is 18.7 Å². The van der Waals surface area contributed by atoms with E-state index in [1.165, 1.54) is 24.8 Å². The van der Waals surface area contributed by atoms with Crippen molar-refractivity contribution in [2.75, 3.05) is 41.7 Å². The number of rotatable bonds is 11. The highest BCUT2D eigenvalue weighted by molar-refractivity contribution is 5.84. The van der Waals surface area contributed by atoms with Crippen molar-refractivity contribution in [3.8, 4) is 22.8 Å². The molecule has 4 aliphatic rings. The first-order valence-corrected chi connectivity index (χ1v) is 18.9. The number of likely N-dealkylation sites (tertiary alicyclic amines) is 1. The molecule has 15 heteroatoms. The standard InChI is InChI=1S/C39H48FN11O3/c1-23(2)34(25-12-27(13-25)47-31-15-32(43-21-42-31)48-37(52)54-38(3,4)5)51-18-39(19-51)10-11-50(17-39)35-36(49-46-22-45-35)53-30-9-8-26(40)14-28(30)29-16-41-20-44-33(29)24-6-7-24/h8-9,14-16,20-25,27,34H,6-7,10-13,17-19H2,1-5H3,(H2,42,43,47,48,52)/t25?,27?,34-/m1/s1. The third-order valence-corrected chi connectivity index (χ3v) is 10.9. The van der Waals surface area contributed by atoms with E-state index >= 15 is 0 Å². The van der Waals surface area contributed by atoms with Crippen LogP contribution in [-0.2, 0) is 4.74 Å². The fraction of sp³-hybridized carbons (Fsp3) is 0.538. The van der Waals surface area contributed by atoms with Gasteiger partial charge in [-0.25, -0.2) is 34.1 Å². The minimum absolute atomic E-state index is 0.164. The molecule has 1 amide bonds. The summed E-state index contributed by atoms with van der Waals surface area (Å²) < 4.78 is 26.4. The minimum atomic E-state index is -0.595. The zero-order chi connectivity index (χ0) is 37.6. The molecule has 14 nitrogen and oxygen atoms in total. The second kappa shape index (κ2) is 14.3. The lowest BCUT2D eigenvalue weighted by atomic mass is 9.68. The molecular formula is C39H48FN11O3. The Kier molecular flexibility index (Phi) is 9.53. The van der Waals surface area contributed by atoms with E-state index < -0.39 is 11.7 Å². The maximum atomic E-state index is 14.6. The van der Waals surface area contributed by atoms with Crippen LogP contribution in [0.25, 0.3) is 11.1 Å². The maximum Gasteiger partial charge on any atom is 0.413 e. The van der Waals surface area contributed by atoms with Crippen LogP contribution in [0.15, 0.2) is 49.4 Å². The molecular weight excluding hydrogens is 690 g/mol. The summed E-state index contributed by atoms with van der Waals surface area (Å²) in [6.45, 7) is 13.9. The summed E-state index contributed by atoms with van der Waals surface area (Å²) >= 11 is 0. The average molecular weight is 738 g/mol. The molecule has 2 aliphatic carbocycles. The van der Waals surface area contributed by atoms with Gasteiger partial charge in [-0.3, -0.25) is 10.2 Å². The smallest absolute Gasteiger partial charge is 0.413 e. The normalized spacial score (nSPS) is 21.4. The molecule has 2 saturated heterocycles. The van der Waals surface area contributed by atoms with Crippen molar-refractivity contribution in [2.45, 2.75) is 90.3 Å². The highest BCUT2D eigenvalue weighted by atomic mass is 19.1. The fourth-order valence-corrected chi connectivity index (χ4v) is 8.52. The van der Waals surface area contributed by atoms with Crippen molar-refractivity contribution in [3.05, 3.63) is 61.0 Å². The molecule has 0 bridgehead atoms. The van der Waals surface area contributed by atoms with Crippen molar-refractivity contribution >= 4 is 23.5 Å². The van der Waals surface area contributed by atoms with Gasteiger partial charge in [0.05, 0.1) is 5.69 Å². The van der Waals surface area contributed by atoms with Gasteiger partial charge in [-0.05, 0) is 82.9 Å². The van der Waals surface area contributed by atoms with E-state index in [0.717, 1.165) is 69.5 Å². The van der Waals surface area contributed by atoms with E-state index in [2.05, 4.69) is 69.4 Å². The van der Waals surface area contributed by atoms with E-state index in [1.54, 1.807) is 24.7 Å². The number of hydrogen-bond donors (Lipinski definition) is 2. The first kappa shape index (κ1) is 36.0. The van der Waals surface area contributed by atoms with Crippen molar-refractivity contribution in [1.82, 2.24) is 40.0 Å². The van der Waals surface area contributed by atoms with Crippen LogP contribution in [0.3, 0.4) is 0 Å². The molecule has 4 fully saturated rings. The Labute approximate surface area is 314 Å². The lowest BCUT2D eigenvalue weighted by Gasteiger charge is -2.57. The number of nitrogens with one attached hydrogen (secondary N) is 2. The summed E-state index contributed by atoms with van der Waals surface area (Å²) in [4.78, 5) is 39.1. The summed E-state index contributed by atoms with van der Waals surface area (Å²) in [6.07, 6.45) is 10.9. The molecule has 0 unspecified atom stereocenters. The molecule has 1 aromatic carbocycles. The highest BCUT2D eigenvalue weighted by Crippen LogP contribution is 2.49. The largest absolute Gasteiger partial charge is 0.444 e. The third kappa shape index (κ3) is 7.77. The number of anilines is 3. The maximum absolute atomic E-state index is 14.6. The summed E-state index contributed by atoms with van der Waals surface area (Å²) in [5, 5.41) is 14.6. The summed E-state index contributed by atoms with van der Waals surface area (Å²) in [7, 11) is 0. The first-order chi connectivity index (χ1) is 25.9. The lowest BCUT2D eigenvalue weighted by Crippen LogP contribution is -2.65. The number of carbonyl (C=O) groups is 1. The fourth-order valence-electron chi connectivity index (χ4n) is 8.52. The third-order valence-electron chi connectivity index (χ3n) is 10.9. The topological polar surface area (TPSA) is 156 Å². The highest BCUT2D eigenvalue weighted by Gasteiger charge is 2.53. The summed E-state index contributed by atoms with van der Waals surface area (Å²) in [5.74, 6) is 3.57. The molecule has 5 heterocycles. The van der Waals surface area contributed by atoms with Crippen LogP contribution in [0.4, 0.5) is 26.6 Å². The van der Waals surface area contributed by atoms with Gasteiger partial charge in [0.15, 0.2) is 5.82 Å². The van der Waals surface area contributed by atoms with Gasteiger partial charge < -0.3 is 19.7 Å². The quantitative estimate of drug-likeness (QED) is 0.168. The SMILES string of the molecule is CC(C)[C@H](C1CC(Nc2cc(NC(=O)OC(C)(C)C)ncn2)C1)N1CC2(CCN(c3ncnnc3Oc3ccc(F)cc3-c3cncnc3C3CC3)C2)C1. The molecule has 8 rings (SSSR count). The van der Waals surface area contributed by atoms with Crippen LogP contribution in [-0.4, -0.2) is 90.0 Å². The van der Waals surface area contributed by atoms with Crippen LogP contribution < -0.4 is 20.3 Å². The molecule has 3 aromatic heterocycles. The van der Waals surface area contributed by atoms with Gasteiger partial charge in [0.2, 0.25) is 0 Å². The number of carbonyl (C=O) groups excluding carboxylic acids is 1. The molecule has 2 aliphatic heterocycles. The Morgan fingerprint density at radius 1 is 0.981 bits per heavy atom. The Bertz CT molecular complexity index is 1990. The molecule has 2 N–H and O–H groups in total. The van der Waals surface area contributed by atoms with Crippen LogP contribution >= 0.6 is 0 Å². The van der Waals surface area contributed by atoms with E-state index in [1.807, 2.05) is 20.8 Å². The number of hydrogen-bond acceptors (Lipinski definition) is 13. The number of ether oxygens (including phenoxy) is 2. The van der Waals surface area contributed by atoms with Crippen LogP contribution in [0, 0.1) is 23.1 Å². The van der Waals surface area contributed by atoms with Gasteiger partial charge >= 0.3 is 6.09 Å².